The Morgan fingerprint density at radius 1 is 1.38 bits per heavy atom. The molecule has 4 heteroatoms. The zero-order chi connectivity index (χ0) is 12.0. The van der Waals surface area contributed by atoms with E-state index in [0.29, 0.717) is 17.9 Å². The van der Waals surface area contributed by atoms with Crippen LogP contribution in [0, 0.1) is 0 Å². The number of aliphatic hydroxyl groups is 1. The predicted molar refractivity (Wildman–Crippen MR) is 59.2 cm³/mol. The van der Waals surface area contributed by atoms with Gasteiger partial charge in [0.25, 0.3) is 0 Å². The average molecular weight is 224 g/mol. The predicted octanol–water partition coefficient (Wildman–Crippen LogP) is 1.68. The molecule has 0 heterocycles. The second-order valence-electron chi connectivity index (χ2n) is 3.16. The lowest BCUT2D eigenvalue weighted by Gasteiger charge is -2.11. The van der Waals surface area contributed by atoms with Crippen LogP contribution in [0.1, 0.15) is 25.5 Å². The lowest BCUT2D eigenvalue weighted by atomic mass is 10.1. The molecule has 16 heavy (non-hydrogen) atoms. The Morgan fingerprint density at radius 3 is 2.75 bits per heavy atom. The van der Waals surface area contributed by atoms with Crippen LogP contribution in [0.15, 0.2) is 24.3 Å². The highest BCUT2D eigenvalue weighted by molar-refractivity contribution is 5.76. The summed E-state index contributed by atoms with van der Waals surface area (Å²) in [6, 6.07) is 6.78. The molecule has 0 aromatic heterocycles. The maximum atomic E-state index is 11.3. The quantitative estimate of drug-likeness (QED) is 0.773. The van der Waals surface area contributed by atoms with Gasteiger partial charge in [-0.2, -0.15) is 0 Å². The highest BCUT2D eigenvalue weighted by atomic mass is 16.5. The Bertz CT molecular complexity index is 349. The van der Waals surface area contributed by atoms with Crippen LogP contribution < -0.4 is 4.74 Å². The molecule has 0 aliphatic rings. The van der Waals surface area contributed by atoms with Gasteiger partial charge in [0.1, 0.15) is 5.75 Å². The lowest BCUT2D eigenvalue weighted by Crippen LogP contribution is -2.15. The summed E-state index contributed by atoms with van der Waals surface area (Å²) in [4.78, 5) is 11.3. The van der Waals surface area contributed by atoms with E-state index in [1.165, 1.54) is 0 Å². The molecule has 1 N–H and O–H groups in total. The normalized spacial score (nSPS) is 11.9. The van der Waals surface area contributed by atoms with Crippen molar-refractivity contribution < 1.29 is 19.4 Å². The van der Waals surface area contributed by atoms with Gasteiger partial charge in [-0.3, -0.25) is 0 Å². The molecule has 0 aliphatic heterocycles. The molecule has 1 aromatic carbocycles. The smallest absolute Gasteiger partial charge is 0.339 e. The lowest BCUT2D eigenvalue weighted by molar-refractivity contribution is -0.153. The Morgan fingerprint density at radius 2 is 2.12 bits per heavy atom. The van der Waals surface area contributed by atoms with E-state index in [9.17, 15) is 9.90 Å². The molecule has 4 nitrogen and oxygen atoms in total. The van der Waals surface area contributed by atoms with Crippen LogP contribution >= 0.6 is 0 Å². The maximum Gasteiger partial charge on any atom is 0.339 e. The van der Waals surface area contributed by atoms with Crippen LogP contribution in [0.25, 0.3) is 0 Å². The molecule has 1 atom stereocenters. The molecule has 0 saturated heterocycles. The van der Waals surface area contributed by atoms with Crippen molar-refractivity contribution in [2.24, 2.45) is 0 Å². The molecule has 0 amide bonds. The molecular formula is C12H16O4. The second-order valence-corrected chi connectivity index (χ2v) is 3.16. The number of hydrogen-bond acceptors (Lipinski definition) is 4. The van der Waals surface area contributed by atoms with Crippen molar-refractivity contribution in [3.8, 4) is 5.75 Å². The van der Waals surface area contributed by atoms with E-state index in [2.05, 4.69) is 0 Å². The van der Waals surface area contributed by atoms with Gasteiger partial charge in [0.2, 0.25) is 0 Å². The van der Waals surface area contributed by atoms with Gasteiger partial charge in [-0.15, -0.1) is 0 Å². The maximum absolute atomic E-state index is 11.3. The van der Waals surface area contributed by atoms with Crippen molar-refractivity contribution >= 4 is 5.97 Å². The minimum absolute atomic E-state index is 0.251. The van der Waals surface area contributed by atoms with Crippen LogP contribution in [0.3, 0.4) is 0 Å². The minimum Gasteiger partial charge on any atom is -0.494 e. The standard InChI is InChI=1S/C12H16O4/c1-3-15-10-7-5-6-9(8-10)11(13)12(14)16-4-2/h5-8,11,13H,3-4H2,1-2H3. The van der Waals surface area contributed by atoms with E-state index in [-0.39, 0.29) is 6.61 Å². The van der Waals surface area contributed by atoms with Crippen LogP contribution in [-0.2, 0) is 9.53 Å². The SMILES string of the molecule is CCOC(=O)C(O)c1cccc(OCC)c1. The van der Waals surface area contributed by atoms with Gasteiger partial charge < -0.3 is 14.6 Å². The third-order valence-electron chi connectivity index (χ3n) is 1.99. The Labute approximate surface area is 94.8 Å². The van der Waals surface area contributed by atoms with Crippen molar-refractivity contribution in [3.05, 3.63) is 29.8 Å². The number of carbonyl (C=O) groups excluding carboxylic acids is 1. The second kappa shape index (κ2) is 6.12. The van der Waals surface area contributed by atoms with E-state index in [1.807, 2.05) is 6.92 Å². The third-order valence-corrected chi connectivity index (χ3v) is 1.99. The highest BCUT2D eigenvalue weighted by Gasteiger charge is 2.18. The Hall–Kier alpha value is -1.55. The number of ether oxygens (including phenoxy) is 2. The molecule has 0 bridgehead atoms. The van der Waals surface area contributed by atoms with E-state index < -0.39 is 12.1 Å². The van der Waals surface area contributed by atoms with Gasteiger partial charge in [-0.1, -0.05) is 12.1 Å². The first-order valence-electron chi connectivity index (χ1n) is 5.26. The molecule has 0 fully saturated rings. The van der Waals surface area contributed by atoms with Crippen LogP contribution in [0.5, 0.6) is 5.75 Å². The van der Waals surface area contributed by atoms with Gasteiger partial charge in [0, 0.05) is 0 Å². The molecule has 88 valence electrons. The van der Waals surface area contributed by atoms with Crippen LogP contribution in [-0.4, -0.2) is 24.3 Å². The fourth-order valence-electron chi connectivity index (χ4n) is 1.30. The topological polar surface area (TPSA) is 55.8 Å². The number of carbonyl (C=O) groups is 1. The van der Waals surface area contributed by atoms with E-state index in [4.69, 9.17) is 9.47 Å². The highest BCUT2D eigenvalue weighted by Crippen LogP contribution is 2.20. The van der Waals surface area contributed by atoms with Crippen LogP contribution in [0.4, 0.5) is 0 Å². The molecule has 1 unspecified atom stereocenters. The van der Waals surface area contributed by atoms with Crippen molar-refractivity contribution in [2.75, 3.05) is 13.2 Å². The number of benzene rings is 1. The number of esters is 1. The summed E-state index contributed by atoms with van der Waals surface area (Å²) in [5.74, 6) is -0.0144. The zero-order valence-corrected chi connectivity index (χ0v) is 9.47. The first-order chi connectivity index (χ1) is 7.69. The Balaban J connectivity index is 2.78. The third kappa shape index (κ3) is 3.24. The Kier molecular flexibility index (Phi) is 4.79. The van der Waals surface area contributed by atoms with Gasteiger partial charge in [-0.05, 0) is 31.5 Å². The number of hydrogen-bond donors (Lipinski definition) is 1. The molecule has 0 spiro atoms. The zero-order valence-electron chi connectivity index (χ0n) is 9.47. The van der Waals surface area contributed by atoms with Crippen LogP contribution in [0.2, 0.25) is 0 Å². The summed E-state index contributed by atoms with van der Waals surface area (Å²) >= 11 is 0. The van der Waals surface area contributed by atoms with Gasteiger partial charge in [-0.25, -0.2) is 4.79 Å². The number of rotatable bonds is 5. The first-order valence-corrected chi connectivity index (χ1v) is 5.26. The van der Waals surface area contributed by atoms with Crippen molar-refractivity contribution in [2.45, 2.75) is 20.0 Å². The monoisotopic (exact) mass is 224 g/mol. The summed E-state index contributed by atoms with van der Waals surface area (Å²) in [7, 11) is 0. The molecule has 0 aliphatic carbocycles. The molecule has 1 rings (SSSR count). The van der Waals surface area contributed by atoms with Crippen molar-refractivity contribution in [1.82, 2.24) is 0 Å². The van der Waals surface area contributed by atoms with Gasteiger partial charge in [0.05, 0.1) is 13.2 Å². The largest absolute Gasteiger partial charge is 0.494 e. The molecular weight excluding hydrogens is 208 g/mol. The molecule has 0 saturated carbocycles. The summed E-state index contributed by atoms with van der Waals surface area (Å²) in [5, 5.41) is 9.68. The van der Waals surface area contributed by atoms with Gasteiger partial charge >= 0.3 is 5.97 Å². The van der Waals surface area contributed by atoms with E-state index in [0.717, 1.165) is 0 Å². The number of aliphatic hydroxyl groups excluding tert-OH is 1. The van der Waals surface area contributed by atoms with Crippen molar-refractivity contribution in [3.63, 3.8) is 0 Å². The fourth-order valence-corrected chi connectivity index (χ4v) is 1.30. The fraction of sp³-hybridized carbons (Fsp3) is 0.417. The average Bonchev–Trinajstić information content (AvgIpc) is 2.29. The molecule has 0 radical (unpaired) electrons. The summed E-state index contributed by atoms with van der Waals surface area (Å²) in [6.45, 7) is 4.36. The van der Waals surface area contributed by atoms with E-state index in [1.54, 1.807) is 31.2 Å². The molecule has 1 aromatic rings. The van der Waals surface area contributed by atoms with Gasteiger partial charge in [0.15, 0.2) is 6.10 Å². The summed E-state index contributed by atoms with van der Waals surface area (Å²) < 4.78 is 10.0. The van der Waals surface area contributed by atoms with Crippen molar-refractivity contribution in [1.29, 1.82) is 0 Å². The van der Waals surface area contributed by atoms with E-state index >= 15 is 0 Å². The minimum atomic E-state index is -1.25. The summed E-state index contributed by atoms with van der Waals surface area (Å²) in [5.41, 5.74) is 0.476. The summed E-state index contributed by atoms with van der Waals surface area (Å²) in [6.07, 6.45) is -1.25. The first kappa shape index (κ1) is 12.5.